The second-order valence-electron chi connectivity index (χ2n) is 8.97. The lowest BCUT2D eigenvalue weighted by Crippen LogP contribution is -2.30. The third-order valence-corrected chi connectivity index (χ3v) is 6.92. The molecule has 0 saturated carbocycles. The molecule has 1 aliphatic heterocycles. The van der Waals surface area contributed by atoms with Crippen molar-refractivity contribution in [1.82, 2.24) is 5.32 Å². The molecule has 1 aliphatic rings. The van der Waals surface area contributed by atoms with Crippen LogP contribution in [-0.2, 0) is 9.59 Å². The van der Waals surface area contributed by atoms with Crippen LogP contribution in [0.4, 0.5) is 11.4 Å². The third kappa shape index (κ3) is 7.77. The Kier molecular flexibility index (Phi) is 8.98. The molecule has 5 rings (SSSR count). The predicted octanol–water partition coefficient (Wildman–Crippen LogP) is 5.60. The lowest BCUT2D eigenvalue weighted by Gasteiger charge is -2.19. The zero-order chi connectivity index (χ0) is 28.4. The highest BCUT2D eigenvalue weighted by atomic mass is 32.2. The third-order valence-electron chi connectivity index (χ3n) is 5.93. The number of nitrogens with one attached hydrogen (secondary N) is 3. The zero-order valence-corrected chi connectivity index (χ0v) is 22.8. The molecule has 3 N–H and O–H groups in total. The van der Waals surface area contributed by atoms with Crippen molar-refractivity contribution in [3.63, 3.8) is 0 Å². The fourth-order valence-electron chi connectivity index (χ4n) is 3.99. The van der Waals surface area contributed by atoms with Gasteiger partial charge in [0.15, 0.2) is 11.5 Å². The molecule has 41 heavy (non-hydrogen) atoms. The number of anilines is 2. The highest BCUT2D eigenvalue weighted by Gasteiger charge is 2.16. The van der Waals surface area contributed by atoms with E-state index >= 15 is 0 Å². The van der Waals surface area contributed by atoms with Gasteiger partial charge in [0, 0.05) is 27.9 Å². The number of ether oxygens (including phenoxy) is 2. The summed E-state index contributed by atoms with van der Waals surface area (Å²) in [5.41, 5.74) is 2.45. The number of benzene rings is 4. The second-order valence-corrected chi connectivity index (χ2v) is 10.0. The molecule has 9 heteroatoms. The summed E-state index contributed by atoms with van der Waals surface area (Å²) in [6.07, 6.45) is 1.62. The maximum absolute atomic E-state index is 13.3. The lowest BCUT2D eigenvalue weighted by molar-refractivity contribution is -0.114. The number of amides is 3. The van der Waals surface area contributed by atoms with Crippen molar-refractivity contribution in [2.24, 2.45) is 0 Å². The van der Waals surface area contributed by atoms with Crippen LogP contribution in [0.1, 0.15) is 15.9 Å². The van der Waals surface area contributed by atoms with Gasteiger partial charge in [0.25, 0.3) is 11.8 Å². The van der Waals surface area contributed by atoms with E-state index < -0.39 is 11.8 Å². The first-order valence-electron chi connectivity index (χ1n) is 12.9. The van der Waals surface area contributed by atoms with Gasteiger partial charge in [-0.15, -0.1) is 11.8 Å². The summed E-state index contributed by atoms with van der Waals surface area (Å²) in [6, 6.07) is 30.4. The number of carbonyl (C=O) groups excluding carboxylic acids is 3. The average molecular weight is 566 g/mol. The Labute approximate surface area is 241 Å². The van der Waals surface area contributed by atoms with Crippen LogP contribution in [0.15, 0.2) is 114 Å². The number of carbonyl (C=O) groups is 3. The zero-order valence-electron chi connectivity index (χ0n) is 22.0. The van der Waals surface area contributed by atoms with Crippen LogP contribution in [0.25, 0.3) is 6.08 Å². The molecule has 1 heterocycles. The lowest BCUT2D eigenvalue weighted by atomic mass is 10.1. The molecule has 0 saturated heterocycles. The van der Waals surface area contributed by atoms with Crippen molar-refractivity contribution in [3.05, 3.63) is 120 Å². The first-order valence-corrected chi connectivity index (χ1v) is 13.9. The van der Waals surface area contributed by atoms with E-state index in [2.05, 4.69) is 16.0 Å². The first-order chi connectivity index (χ1) is 20.0. The average Bonchev–Trinajstić information content (AvgIpc) is 3.01. The highest BCUT2D eigenvalue weighted by molar-refractivity contribution is 8.00. The minimum atomic E-state index is -0.475. The van der Waals surface area contributed by atoms with E-state index in [9.17, 15) is 14.4 Å². The van der Waals surface area contributed by atoms with E-state index in [1.54, 1.807) is 66.7 Å². The molecule has 4 aromatic carbocycles. The Bertz CT molecular complexity index is 1580. The van der Waals surface area contributed by atoms with Gasteiger partial charge in [-0.1, -0.05) is 54.6 Å². The number of rotatable bonds is 9. The molecule has 0 fully saturated rings. The fraction of sp³-hybridized carbons (Fsp3) is 0.0938. The van der Waals surface area contributed by atoms with E-state index in [0.717, 1.165) is 10.5 Å². The molecule has 0 aliphatic carbocycles. The van der Waals surface area contributed by atoms with Gasteiger partial charge in [-0.25, -0.2) is 0 Å². The number of hydrogen-bond donors (Lipinski definition) is 3. The van der Waals surface area contributed by atoms with Gasteiger partial charge in [-0.3, -0.25) is 14.4 Å². The normalized spacial score (nSPS) is 12.2. The van der Waals surface area contributed by atoms with Gasteiger partial charge in [0.2, 0.25) is 5.91 Å². The monoisotopic (exact) mass is 565 g/mol. The van der Waals surface area contributed by atoms with E-state index in [-0.39, 0.29) is 17.4 Å². The van der Waals surface area contributed by atoms with Crippen LogP contribution in [-0.4, -0.2) is 36.7 Å². The Hall–Kier alpha value is -5.02. The molecule has 0 radical (unpaired) electrons. The molecule has 4 aromatic rings. The van der Waals surface area contributed by atoms with Crippen LogP contribution in [0.3, 0.4) is 0 Å². The molecule has 8 nitrogen and oxygen atoms in total. The number of fused-ring (bicyclic) bond motifs is 1. The summed E-state index contributed by atoms with van der Waals surface area (Å²) in [7, 11) is 0. The fourth-order valence-corrected chi connectivity index (χ4v) is 4.74. The Balaban J connectivity index is 1.22. The molecule has 0 spiro atoms. The quantitative estimate of drug-likeness (QED) is 0.180. The predicted molar refractivity (Wildman–Crippen MR) is 160 cm³/mol. The highest BCUT2D eigenvalue weighted by Crippen LogP contribution is 2.32. The van der Waals surface area contributed by atoms with Gasteiger partial charge < -0.3 is 25.4 Å². The van der Waals surface area contributed by atoms with Crippen molar-refractivity contribution in [1.29, 1.82) is 0 Å². The minimum absolute atomic E-state index is 0.0990. The van der Waals surface area contributed by atoms with Crippen molar-refractivity contribution >= 4 is 46.9 Å². The van der Waals surface area contributed by atoms with Crippen molar-refractivity contribution in [2.75, 3.05) is 29.6 Å². The number of thioether (sulfide) groups is 1. The maximum Gasteiger partial charge on any atom is 0.272 e. The molecule has 0 atom stereocenters. The van der Waals surface area contributed by atoms with Crippen LogP contribution in [0.2, 0.25) is 0 Å². The van der Waals surface area contributed by atoms with Crippen molar-refractivity contribution in [3.8, 4) is 11.5 Å². The van der Waals surface area contributed by atoms with Crippen LogP contribution >= 0.6 is 11.8 Å². The minimum Gasteiger partial charge on any atom is -0.486 e. The van der Waals surface area contributed by atoms with Crippen LogP contribution < -0.4 is 25.4 Å². The molecule has 0 unspecified atom stereocenters. The van der Waals surface area contributed by atoms with Gasteiger partial charge in [-0.05, 0) is 54.1 Å². The molecular weight excluding hydrogens is 538 g/mol. The summed E-state index contributed by atoms with van der Waals surface area (Å²) < 4.78 is 11.1. The summed E-state index contributed by atoms with van der Waals surface area (Å²) in [4.78, 5) is 39.5. The standard InChI is InChI=1S/C32H27N3O5S/c36-30(33-25-14-15-28-29(20-25)40-17-16-39-28)21-41-26-13-7-12-24(19-26)34-32(38)27(18-22-8-3-1-4-9-22)35-31(37)23-10-5-2-6-11-23/h1-15,18-20H,16-17,21H2,(H,33,36)(H,34,38)(H,35,37)/b27-18-. The molecule has 206 valence electrons. The summed E-state index contributed by atoms with van der Waals surface area (Å²) >= 11 is 1.33. The van der Waals surface area contributed by atoms with Crippen molar-refractivity contribution in [2.45, 2.75) is 4.90 Å². The van der Waals surface area contributed by atoms with Crippen LogP contribution in [0, 0.1) is 0 Å². The summed E-state index contributed by atoms with van der Waals surface area (Å²) in [5.74, 6) is 0.374. The Morgan fingerprint density at radius 3 is 2.22 bits per heavy atom. The van der Waals surface area contributed by atoms with E-state index in [0.29, 0.717) is 41.7 Å². The molecular formula is C32H27N3O5S. The van der Waals surface area contributed by atoms with E-state index in [1.165, 1.54) is 11.8 Å². The Morgan fingerprint density at radius 1 is 0.732 bits per heavy atom. The Morgan fingerprint density at radius 2 is 1.44 bits per heavy atom. The second kappa shape index (κ2) is 13.4. The van der Waals surface area contributed by atoms with E-state index in [1.807, 2.05) is 42.5 Å². The smallest absolute Gasteiger partial charge is 0.272 e. The summed E-state index contributed by atoms with van der Waals surface area (Å²) in [6.45, 7) is 0.970. The van der Waals surface area contributed by atoms with Gasteiger partial charge >= 0.3 is 0 Å². The molecule has 3 amide bonds. The first kappa shape index (κ1) is 27.5. The molecule has 0 bridgehead atoms. The van der Waals surface area contributed by atoms with Gasteiger partial charge in [0.05, 0.1) is 5.75 Å². The van der Waals surface area contributed by atoms with E-state index in [4.69, 9.17) is 9.47 Å². The maximum atomic E-state index is 13.3. The SMILES string of the molecule is O=C(CSc1cccc(NC(=O)/C(=C/c2ccccc2)NC(=O)c2ccccc2)c1)Nc1ccc2c(c1)OCCO2. The summed E-state index contributed by atoms with van der Waals surface area (Å²) in [5, 5.41) is 8.45. The topological polar surface area (TPSA) is 106 Å². The van der Waals surface area contributed by atoms with Gasteiger partial charge in [-0.2, -0.15) is 0 Å². The van der Waals surface area contributed by atoms with Crippen LogP contribution in [0.5, 0.6) is 11.5 Å². The number of hydrogen-bond acceptors (Lipinski definition) is 6. The largest absolute Gasteiger partial charge is 0.486 e. The van der Waals surface area contributed by atoms with Gasteiger partial charge in [0.1, 0.15) is 18.9 Å². The molecule has 0 aromatic heterocycles. The van der Waals surface area contributed by atoms with Crippen molar-refractivity contribution < 1.29 is 23.9 Å².